The van der Waals surface area contributed by atoms with Crippen LogP contribution in [0.5, 0.6) is 0 Å². The molecule has 0 heterocycles. The zero-order valence-electron chi connectivity index (χ0n) is 13.7. The van der Waals surface area contributed by atoms with Crippen molar-refractivity contribution in [1.82, 2.24) is 10.6 Å². The van der Waals surface area contributed by atoms with Gasteiger partial charge in [0.1, 0.15) is 0 Å². The van der Waals surface area contributed by atoms with E-state index in [0.717, 1.165) is 19.4 Å². The van der Waals surface area contributed by atoms with E-state index in [0.29, 0.717) is 23.3 Å². The third-order valence-electron chi connectivity index (χ3n) is 3.70. The minimum Gasteiger partial charge on any atom is -0.356 e. The Labute approximate surface area is 134 Å². The fourth-order valence-corrected chi connectivity index (χ4v) is 3.27. The second kappa shape index (κ2) is 9.46. The van der Waals surface area contributed by atoms with E-state index in [1.54, 1.807) is 37.4 Å². The molecule has 5 nitrogen and oxygen atoms in total. The van der Waals surface area contributed by atoms with Crippen LogP contribution >= 0.6 is 0 Å². The zero-order chi connectivity index (χ0) is 16.4. The predicted octanol–water partition coefficient (Wildman–Crippen LogP) is 2.06. The number of rotatable bonds is 8. The first-order valence-electron chi connectivity index (χ1n) is 7.75. The third-order valence-corrected chi connectivity index (χ3v) is 5.43. The topological polar surface area (TPSA) is 70.6 Å². The van der Waals surface area contributed by atoms with E-state index in [9.17, 15) is 8.42 Å². The Morgan fingerprint density at radius 3 is 2.32 bits per heavy atom. The monoisotopic (exact) mass is 325 g/mol. The van der Waals surface area contributed by atoms with Crippen LogP contribution in [0.25, 0.3) is 0 Å². The Kier molecular flexibility index (Phi) is 7.95. The molecule has 2 N–H and O–H groups in total. The average molecular weight is 325 g/mol. The lowest BCUT2D eigenvalue weighted by Gasteiger charge is -2.16. The summed E-state index contributed by atoms with van der Waals surface area (Å²) in [6.07, 6.45) is 2.23. The van der Waals surface area contributed by atoms with Crippen molar-refractivity contribution >= 4 is 15.8 Å². The molecule has 0 fully saturated rings. The molecule has 0 aromatic heterocycles. The molecule has 124 valence electrons. The molecule has 0 aliphatic rings. The summed E-state index contributed by atoms with van der Waals surface area (Å²) in [6.45, 7) is 5.51. The Morgan fingerprint density at radius 2 is 1.77 bits per heavy atom. The summed E-state index contributed by atoms with van der Waals surface area (Å²) in [7, 11) is -1.56. The van der Waals surface area contributed by atoms with Gasteiger partial charge in [0.15, 0.2) is 15.8 Å². The lowest BCUT2D eigenvalue weighted by Crippen LogP contribution is -2.41. The average Bonchev–Trinajstić information content (AvgIpc) is 2.54. The summed E-state index contributed by atoms with van der Waals surface area (Å²) >= 11 is 0. The lowest BCUT2D eigenvalue weighted by molar-refractivity contribution is 0.481. The van der Waals surface area contributed by atoms with Crippen molar-refractivity contribution < 1.29 is 8.42 Å². The molecule has 0 aliphatic carbocycles. The molecule has 0 saturated heterocycles. The molecule has 22 heavy (non-hydrogen) atoms. The molecular weight excluding hydrogens is 298 g/mol. The minimum atomic E-state index is -3.25. The van der Waals surface area contributed by atoms with Crippen LogP contribution in [-0.4, -0.2) is 40.3 Å². The van der Waals surface area contributed by atoms with Gasteiger partial charge in [0.05, 0.1) is 10.6 Å². The van der Waals surface area contributed by atoms with Crippen molar-refractivity contribution in [2.45, 2.75) is 31.6 Å². The predicted molar refractivity (Wildman–Crippen MR) is 91.9 cm³/mol. The number of nitrogens with zero attached hydrogens (tertiary/aromatic N) is 1. The maximum atomic E-state index is 12.2. The lowest BCUT2D eigenvalue weighted by atomic mass is 10.0. The van der Waals surface area contributed by atoms with E-state index in [1.807, 2.05) is 0 Å². The smallest absolute Gasteiger partial charge is 0.191 e. The van der Waals surface area contributed by atoms with Gasteiger partial charge in [-0.05, 0) is 18.1 Å². The van der Waals surface area contributed by atoms with Gasteiger partial charge in [0, 0.05) is 20.1 Å². The van der Waals surface area contributed by atoms with Crippen LogP contribution in [0.4, 0.5) is 0 Å². The summed E-state index contributed by atoms with van der Waals surface area (Å²) in [6, 6.07) is 8.51. The second-order valence-corrected chi connectivity index (χ2v) is 7.30. The summed E-state index contributed by atoms with van der Waals surface area (Å²) in [5, 5.41) is 6.30. The minimum absolute atomic E-state index is 0.0443. The highest BCUT2D eigenvalue weighted by Crippen LogP contribution is 2.09. The molecule has 0 radical (unpaired) electrons. The number of hydrogen-bond donors (Lipinski definition) is 2. The fraction of sp³-hybridized carbons (Fsp3) is 0.562. The molecule has 1 aromatic carbocycles. The van der Waals surface area contributed by atoms with Crippen molar-refractivity contribution in [2.24, 2.45) is 10.9 Å². The van der Waals surface area contributed by atoms with Crippen LogP contribution in [-0.2, 0) is 9.84 Å². The first-order chi connectivity index (χ1) is 10.5. The fourth-order valence-electron chi connectivity index (χ4n) is 2.09. The van der Waals surface area contributed by atoms with Crippen molar-refractivity contribution in [3.05, 3.63) is 30.3 Å². The Balaban J connectivity index is 2.45. The van der Waals surface area contributed by atoms with Crippen molar-refractivity contribution in [1.29, 1.82) is 0 Å². The van der Waals surface area contributed by atoms with Gasteiger partial charge < -0.3 is 10.6 Å². The summed E-state index contributed by atoms with van der Waals surface area (Å²) in [5.74, 6) is 1.30. The number of guanidine groups is 1. The van der Waals surface area contributed by atoms with E-state index < -0.39 is 9.84 Å². The van der Waals surface area contributed by atoms with E-state index in [2.05, 4.69) is 29.5 Å². The van der Waals surface area contributed by atoms with Crippen LogP contribution in [0.2, 0.25) is 0 Å². The highest BCUT2D eigenvalue weighted by Gasteiger charge is 2.13. The largest absolute Gasteiger partial charge is 0.356 e. The van der Waals surface area contributed by atoms with Gasteiger partial charge in [-0.25, -0.2) is 8.42 Å². The number of hydrogen-bond acceptors (Lipinski definition) is 3. The SMILES string of the molecule is CCC(CC)CNC(=NC)NCCS(=O)(=O)c1ccccc1. The molecule has 0 unspecified atom stereocenters. The zero-order valence-corrected chi connectivity index (χ0v) is 14.5. The molecule has 0 bridgehead atoms. The Bertz CT molecular complexity index is 552. The molecule has 1 rings (SSSR count). The molecular formula is C16H27N3O2S. The Morgan fingerprint density at radius 1 is 1.14 bits per heavy atom. The van der Waals surface area contributed by atoms with Crippen LogP contribution < -0.4 is 10.6 Å². The van der Waals surface area contributed by atoms with E-state index in [4.69, 9.17) is 0 Å². The van der Waals surface area contributed by atoms with Crippen LogP contribution in [0.1, 0.15) is 26.7 Å². The summed E-state index contributed by atoms with van der Waals surface area (Å²) < 4.78 is 24.3. The van der Waals surface area contributed by atoms with Gasteiger partial charge in [-0.1, -0.05) is 44.9 Å². The standard InChI is InChI=1S/C16H27N3O2S/c1-4-14(5-2)13-19-16(17-3)18-11-12-22(20,21)15-9-7-6-8-10-15/h6-10,14H,4-5,11-13H2,1-3H3,(H2,17,18,19). The molecule has 0 atom stereocenters. The molecule has 0 spiro atoms. The highest BCUT2D eigenvalue weighted by atomic mass is 32.2. The third kappa shape index (κ3) is 6.05. The number of nitrogens with one attached hydrogen (secondary N) is 2. The Hall–Kier alpha value is -1.56. The first kappa shape index (κ1) is 18.5. The van der Waals surface area contributed by atoms with Gasteiger partial charge >= 0.3 is 0 Å². The van der Waals surface area contributed by atoms with Gasteiger partial charge in [0.2, 0.25) is 0 Å². The normalized spacial score (nSPS) is 12.5. The maximum Gasteiger partial charge on any atom is 0.191 e. The second-order valence-electron chi connectivity index (χ2n) is 5.19. The molecule has 0 aliphatic heterocycles. The van der Waals surface area contributed by atoms with E-state index >= 15 is 0 Å². The van der Waals surface area contributed by atoms with Crippen molar-refractivity contribution in [3.8, 4) is 0 Å². The maximum absolute atomic E-state index is 12.2. The van der Waals surface area contributed by atoms with Crippen LogP contribution in [0.3, 0.4) is 0 Å². The van der Waals surface area contributed by atoms with Crippen LogP contribution in [0, 0.1) is 5.92 Å². The van der Waals surface area contributed by atoms with E-state index in [1.165, 1.54) is 0 Å². The first-order valence-corrected chi connectivity index (χ1v) is 9.41. The summed E-state index contributed by atoms with van der Waals surface area (Å²) in [4.78, 5) is 4.48. The van der Waals surface area contributed by atoms with Crippen LogP contribution in [0.15, 0.2) is 40.2 Å². The van der Waals surface area contributed by atoms with Gasteiger partial charge in [-0.15, -0.1) is 0 Å². The van der Waals surface area contributed by atoms with Crippen molar-refractivity contribution in [2.75, 3.05) is 25.9 Å². The molecule has 0 amide bonds. The van der Waals surface area contributed by atoms with Gasteiger partial charge in [0.25, 0.3) is 0 Å². The number of sulfone groups is 1. The van der Waals surface area contributed by atoms with E-state index in [-0.39, 0.29) is 5.75 Å². The van der Waals surface area contributed by atoms with Gasteiger partial charge in [-0.3, -0.25) is 4.99 Å². The summed E-state index contributed by atoms with van der Waals surface area (Å²) in [5.41, 5.74) is 0. The quantitative estimate of drug-likeness (QED) is 0.567. The highest BCUT2D eigenvalue weighted by molar-refractivity contribution is 7.91. The number of benzene rings is 1. The van der Waals surface area contributed by atoms with Crippen molar-refractivity contribution in [3.63, 3.8) is 0 Å². The molecule has 1 aromatic rings. The number of aliphatic imine (C=N–C) groups is 1. The molecule has 0 saturated carbocycles. The molecule has 6 heteroatoms. The van der Waals surface area contributed by atoms with Gasteiger partial charge in [-0.2, -0.15) is 0 Å².